The molecule has 19 heavy (non-hydrogen) atoms. The first-order chi connectivity index (χ1) is 9.24. The predicted octanol–water partition coefficient (Wildman–Crippen LogP) is 2.68. The van der Waals surface area contributed by atoms with E-state index < -0.39 is 0 Å². The van der Waals surface area contributed by atoms with Gasteiger partial charge in [0.05, 0.1) is 4.47 Å². The molecule has 1 saturated heterocycles. The third-order valence-electron chi connectivity index (χ3n) is 3.35. The number of furan rings is 1. The Morgan fingerprint density at radius 3 is 3.11 bits per heavy atom. The van der Waals surface area contributed by atoms with Gasteiger partial charge >= 0.3 is 0 Å². The van der Waals surface area contributed by atoms with Crippen molar-refractivity contribution in [1.82, 2.24) is 10.6 Å². The van der Waals surface area contributed by atoms with E-state index in [0.717, 1.165) is 41.4 Å². The van der Waals surface area contributed by atoms with E-state index in [0.29, 0.717) is 5.76 Å². The number of halogens is 1. The standard InChI is InChI=1S/C14H15BrN2O2/c15-11-5-1-3-9-7-12(19-13(9)11)14(18)17-10-4-2-6-16-8-10/h1,3,5,7,10,16H,2,4,6,8H2,(H,17,18). The first kappa shape index (κ1) is 12.7. The topological polar surface area (TPSA) is 54.3 Å². The Hall–Kier alpha value is -1.33. The van der Waals surface area contributed by atoms with E-state index in [1.54, 1.807) is 6.07 Å². The van der Waals surface area contributed by atoms with Gasteiger partial charge in [-0.25, -0.2) is 0 Å². The highest BCUT2D eigenvalue weighted by atomic mass is 79.9. The smallest absolute Gasteiger partial charge is 0.287 e. The Morgan fingerprint density at radius 2 is 2.37 bits per heavy atom. The van der Waals surface area contributed by atoms with Crippen LogP contribution in [0.5, 0.6) is 0 Å². The number of carbonyl (C=O) groups is 1. The van der Waals surface area contributed by atoms with Crippen molar-refractivity contribution in [2.24, 2.45) is 0 Å². The summed E-state index contributed by atoms with van der Waals surface area (Å²) in [5, 5.41) is 7.21. The monoisotopic (exact) mass is 322 g/mol. The van der Waals surface area contributed by atoms with E-state index >= 15 is 0 Å². The molecule has 1 aromatic carbocycles. The summed E-state index contributed by atoms with van der Waals surface area (Å²) in [6, 6.07) is 7.74. The largest absolute Gasteiger partial charge is 0.450 e. The number of para-hydroxylation sites is 1. The van der Waals surface area contributed by atoms with E-state index in [4.69, 9.17) is 4.42 Å². The molecular formula is C14H15BrN2O2. The van der Waals surface area contributed by atoms with E-state index in [2.05, 4.69) is 26.6 Å². The molecule has 1 aromatic heterocycles. The van der Waals surface area contributed by atoms with Crippen LogP contribution in [-0.4, -0.2) is 25.0 Å². The zero-order valence-corrected chi connectivity index (χ0v) is 12.0. The van der Waals surface area contributed by atoms with Crippen LogP contribution >= 0.6 is 15.9 Å². The lowest BCUT2D eigenvalue weighted by atomic mass is 10.1. The minimum atomic E-state index is -0.142. The summed E-state index contributed by atoms with van der Waals surface area (Å²) >= 11 is 3.42. The average molecular weight is 323 g/mol. The number of carbonyl (C=O) groups excluding carboxylic acids is 1. The molecule has 100 valence electrons. The molecule has 1 atom stereocenters. The van der Waals surface area contributed by atoms with Gasteiger partial charge in [-0.2, -0.15) is 0 Å². The van der Waals surface area contributed by atoms with Crippen molar-refractivity contribution in [3.8, 4) is 0 Å². The Kier molecular flexibility index (Phi) is 3.57. The van der Waals surface area contributed by atoms with E-state index in [1.165, 1.54) is 0 Å². The zero-order valence-electron chi connectivity index (χ0n) is 10.4. The third kappa shape index (κ3) is 2.67. The van der Waals surface area contributed by atoms with Gasteiger partial charge in [0.25, 0.3) is 5.91 Å². The van der Waals surface area contributed by atoms with Crippen molar-refractivity contribution >= 4 is 32.8 Å². The van der Waals surface area contributed by atoms with Crippen LogP contribution in [0.1, 0.15) is 23.4 Å². The Balaban J connectivity index is 1.79. The van der Waals surface area contributed by atoms with Gasteiger partial charge < -0.3 is 15.1 Å². The molecule has 0 spiro atoms. The maximum absolute atomic E-state index is 12.1. The van der Waals surface area contributed by atoms with Crippen LogP contribution in [0.4, 0.5) is 0 Å². The summed E-state index contributed by atoms with van der Waals surface area (Å²) in [4.78, 5) is 12.1. The molecule has 1 unspecified atom stereocenters. The fourth-order valence-corrected chi connectivity index (χ4v) is 2.83. The Labute approximate surface area is 119 Å². The van der Waals surface area contributed by atoms with Crippen LogP contribution in [0.15, 0.2) is 33.2 Å². The highest BCUT2D eigenvalue weighted by molar-refractivity contribution is 9.10. The highest BCUT2D eigenvalue weighted by Crippen LogP contribution is 2.26. The molecule has 2 N–H and O–H groups in total. The van der Waals surface area contributed by atoms with Crippen molar-refractivity contribution in [3.05, 3.63) is 34.5 Å². The fourth-order valence-electron chi connectivity index (χ4n) is 2.37. The number of hydrogen-bond donors (Lipinski definition) is 2. The normalized spacial score (nSPS) is 19.5. The molecule has 5 heteroatoms. The summed E-state index contributed by atoms with van der Waals surface area (Å²) in [7, 11) is 0. The van der Waals surface area contributed by atoms with Crippen LogP contribution in [0.25, 0.3) is 11.0 Å². The molecule has 1 aliphatic rings. The fraction of sp³-hybridized carbons (Fsp3) is 0.357. The van der Waals surface area contributed by atoms with Crippen molar-refractivity contribution in [2.45, 2.75) is 18.9 Å². The first-order valence-electron chi connectivity index (χ1n) is 6.44. The predicted molar refractivity (Wildman–Crippen MR) is 77.3 cm³/mol. The molecule has 2 heterocycles. The Morgan fingerprint density at radius 1 is 1.47 bits per heavy atom. The van der Waals surface area contributed by atoms with Crippen LogP contribution in [0, 0.1) is 0 Å². The van der Waals surface area contributed by atoms with Gasteiger partial charge in [0.15, 0.2) is 5.76 Å². The van der Waals surface area contributed by atoms with Crippen LogP contribution < -0.4 is 10.6 Å². The van der Waals surface area contributed by atoms with Gasteiger partial charge in [0, 0.05) is 18.0 Å². The SMILES string of the molecule is O=C(NC1CCCNC1)c1cc2cccc(Br)c2o1. The van der Waals surface area contributed by atoms with Gasteiger partial charge in [0.1, 0.15) is 5.58 Å². The number of rotatable bonds is 2. The first-order valence-corrected chi connectivity index (χ1v) is 7.23. The summed E-state index contributed by atoms with van der Waals surface area (Å²) in [6.07, 6.45) is 2.11. The van der Waals surface area contributed by atoms with Crippen molar-refractivity contribution in [2.75, 3.05) is 13.1 Å². The van der Waals surface area contributed by atoms with Crippen molar-refractivity contribution in [3.63, 3.8) is 0 Å². The van der Waals surface area contributed by atoms with E-state index in [-0.39, 0.29) is 11.9 Å². The van der Waals surface area contributed by atoms with Gasteiger partial charge in [-0.3, -0.25) is 4.79 Å². The number of fused-ring (bicyclic) bond motifs is 1. The lowest BCUT2D eigenvalue weighted by molar-refractivity contribution is 0.0904. The average Bonchev–Trinajstić information content (AvgIpc) is 2.85. The summed E-state index contributed by atoms with van der Waals surface area (Å²) < 4.78 is 6.49. The maximum Gasteiger partial charge on any atom is 0.287 e. The Bertz CT molecular complexity index is 603. The molecule has 1 amide bonds. The lowest BCUT2D eigenvalue weighted by Crippen LogP contribution is -2.45. The molecule has 0 radical (unpaired) electrons. The van der Waals surface area contributed by atoms with Gasteiger partial charge in [0.2, 0.25) is 0 Å². The van der Waals surface area contributed by atoms with Gasteiger partial charge in [-0.1, -0.05) is 12.1 Å². The van der Waals surface area contributed by atoms with E-state index in [9.17, 15) is 4.79 Å². The minimum Gasteiger partial charge on any atom is -0.450 e. The lowest BCUT2D eigenvalue weighted by Gasteiger charge is -2.23. The molecular weight excluding hydrogens is 308 g/mol. The zero-order chi connectivity index (χ0) is 13.2. The second-order valence-electron chi connectivity index (χ2n) is 4.79. The molecule has 0 saturated carbocycles. The third-order valence-corrected chi connectivity index (χ3v) is 3.98. The molecule has 4 nitrogen and oxygen atoms in total. The van der Waals surface area contributed by atoms with E-state index in [1.807, 2.05) is 18.2 Å². The van der Waals surface area contributed by atoms with Gasteiger partial charge in [-0.15, -0.1) is 0 Å². The number of amides is 1. The van der Waals surface area contributed by atoms with Crippen LogP contribution in [-0.2, 0) is 0 Å². The molecule has 1 aliphatic heterocycles. The molecule has 3 rings (SSSR count). The number of piperidine rings is 1. The van der Waals surface area contributed by atoms with Crippen molar-refractivity contribution < 1.29 is 9.21 Å². The highest BCUT2D eigenvalue weighted by Gasteiger charge is 2.19. The summed E-state index contributed by atoms with van der Waals surface area (Å²) in [5.74, 6) is 0.226. The summed E-state index contributed by atoms with van der Waals surface area (Å²) in [6.45, 7) is 1.86. The number of hydrogen-bond acceptors (Lipinski definition) is 3. The van der Waals surface area contributed by atoms with Crippen LogP contribution in [0.3, 0.4) is 0 Å². The van der Waals surface area contributed by atoms with Crippen LogP contribution in [0.2, 0.25) is 0 Å². The second-order valence-corrected chi connectivity index (χ2v) is 5.64. The molecule has 2 aromatic rings. The maximum atomic E-state index is 12.1. The summed E-state index contributed by atoms with van der Waals surface area (Å²) in [5.41, 5.74) is 0.717. The number of nitrogens with one attached hydrogen (secondary N) is 2. The van der Waals surface area contributed by atoms with Crippen molar-refractivity contribution in [1.29, 1.82) is 0 Å². The quantitative estimate of drug-likeness (QED) is 0.893. The minimum absolute atomic E-state index is 0.142. The molecule has 0 bridgehead atoms. The van der Waals surface area contributed by atoms with Gasteiger partial charge in [-0.05, 0) is 47.4 Å². The molecule has 1 fully saturated rings. The second kappa shape index (κ2) is 5.35. The molecule has 0 aliphatic carbocycles. The number of benzene rings is 1.